The number of esters is 3. The molecular formula is C65H112O6. The lowest BCUT2D eigenvalue weighted by Crippen LogP contribution is -2.30. The molecule has 0 aromatic heterocycles. The second-order valence-electron chi connectivity index (χ2n) is 19.9. The zero-order valence-electron chi connectivity index (χ0n) is 46.7. The Labute approximate surface area is 439 Å². The molecule has 6 heteroatoms. The highest BCUT2D eigenvalue weighted by molar-refractivity contribution is 5.71. The first-order valence-electron chi connectivity index (χ1n) is 30.1. The van der Waals surface area contributed by atoms with Crippen LogP contribution in [0.5, 0.6) is 0 Å². The third-order valence-corrected chi connectivity index (χ3v) is 12.9. The number of unbranched alkanes of at least 4 members (excludes halogenated alkanes) is 29. The molecule has 0 N–H and O–H groups in total. The molecule has 6 nitrogen and oxygen atoms in total. The van der Waals surface area contributed by atoms with E-state index in [1.807, 2.05) is 0 Å². The molecule has 408 valence electrons. The normalized spacial score (nSPS) is 12.7. The van der Waals surface area contributed by atoms with Crippen LogP contribution in [0.2, 0.25) is 0 Å². The zero-order valence-corrected chi connectivity index (χ0v) is 46.7. The van der Waals surface area contributed by atoms with E-state index in [9.17, 15) is 14.4 Å². The summed E-state index contributed by atoms with van der Waals surface area (Å²) < 4.78 is 16.9. The molecule has 71 heavy (non-hydrogen) atoms. The van der Waals surface area contributed by atoms with Gasteiger partial charge in [-0.2, -0.15) is 0 Å². The van der Waals surface area contributed by atoms with Gasteiger partial charge in [-0.3, -0.25) is 14.4 Å². The van der Waals surface area contributed by atoms with Crippen molar-refractivity contribution in [2.45, 2.75) is 297 Å². The maximum absolute atomic E-state index is 12.9. The first-order valence-corrected chi connectivity index (χ1v) is 30.1. The second-order valence-corrected chi connectivity index (χ2v) is 19.9. The van der Waals surface area contributed by atoms with Crippen molar-refractivity contribution in [1.82, 2.24) is 0 Å². The maximum Gasteiger partial charge on any atom is 0.306 e. The number of hydrogen-bond donors (Lipinski definition) is 0. The van der Waals surface area contributed by atoms with Crippen molar-refractivity contribution >= 4 is 17.9 Å². The summed E-state index contributed by atoms with van der Waals surface area (Å²) in [6.45, 7) is 6.52. The highest BCUT2D eigenvalue weighted by atomic mass is 16.6. The number of hydrogen-bond acceptors (Lipinski definition) is 6. The number of ether oxygens (including phenoxy) is 3. The fraction of sp³-hybridized carbons (Fsp3) is 0.738. The third kappa shape index (κ3) is 57.4. The molecule has 0 aliphatic heterocycles. The van der Waals surface area contributed by atoms with Crippen LogP contribution in [0, 0.1) is 0 Å². The number of rotatable bonds is 54. The van der Waals surface area contributed by atoms with Crippen LogP contribution in [-0.4, -0.2) is 37.2 Å². The summed E-state index contributed by atoms with van der Waals surface area (Å²) >= 11 is 0. The summed E-state index contributed by atoms with van der Waals surface area (Å²) in [5.41, 5.74) is 0. The van der Waals surface area contributed by atoms with Gasteiger partial charge in [0.1, 0.15) is 13.2 Å². The molecule has 0 aromatic rings. The molecule has 0 aromatic carbocycles. The Morgan fingerprint density at radius 2 is 0.549 bits per heavy atom. The van der Waals surface area contributed by atoms with Crippen LogP contribution < -0.4 is 0 Å². The van der Waals surface area contributed by atoms with Crippen molar-refractivity contribution < 1.29 is 28.6 Å². The predicted molar refractivity (Wildman–Crippen MR) is 307 cm³/mol. The van der Waals surface area contributed by atoms with E-state index in [2.05, 4.69) is 106 Å². The van der Waals surface area contributed by atoms with Crippen LogP contribution in [-0.2, 0) is 28.6 Å². The SMILES string of the molecule is CC/C=C\C/C=C\C/C=C\C/C=C\C/C=C\C/C=C\CCCCCCCCC(=O)OCC(COC(=O)CCCCCCCCCCCCCC)OC(=O)CCCCCCC/C=C\CCCCCCCCC. The van der Waals surface area contributed by atoms with Gasteiger partial charge < -0.3 is 14.2 Å². The molecule has 0 rings (SSSR count). The smallest absolute Gasteiger partial charge is 0.306 e. The van der Waals surface area contributed by atoms with Gasteiger partial charge in [0.25, 0.3) is 0 Å². The van der Waals surface area contributed by atoms with E-state index in [1.165, 1.54) is 128 Å². The standard InChI is InChI=1S/C65H112O6/c1-4-7-10-13-16-19-22-25-27-29-30-31-32-33-34-35-36-37-39-40-43-46-49-52-55-58-64(67)70-61-62(60-69-63(66)57-54-51-48-45-42-24-21-18-15-12-9-6-3)71-65(68)59-56-53-50-47-44-41-38-28-26-23-20-17-14-11-8-5-2/h7,10,16,19,25,27-28,30-31,33-34,36-38,62H,4-6,8-9,11-15,17-18,20-24,26,29,32,35,39-61H2,1-3H3/b10-7-,19-16-,27-25-,31-30-,34-33-,37-36-,38-28-. The lowest BCUT2D eigenvalue weighted by molar-refractivity contribution is -0.167. The first kappa shape index (κ1) is 67.6. The van der Waals surface area contributed by atoms with Gasteiger partial charge in [0, 0.05) is 19.3 Å². The Morgan fingerprint density at radius 1 is 0.296 bits per heavy atom. The Morgan fingerprint density at radius 3 is 0.873 bits per heavy atom. The Hall–Kier alpha value is -3.41. The molecule has 0 amide bonds. The highest BCUT2D eigenvalue weighted by Crippen LogP contribution is 2.15. The molecule has 0 heterocycles. The quantitative estimate of drug-likeness (QED) is 0.0261. The van der Waals surface area contributed by atoms with Gasteiger partial charge in [-0.05, 0) is 96.3 Å². The van der Waals surface area contributed by atoms with Gasteiger partial charge in [0.2, 0.25) is 0 Å². The van der Waals surface area contributed by atoms with Crippen LogP contribution in [0.15, 0.2) is 85.1 Å². The molecular weight excluding hydrogens is 877 g/mol. The van der Waals surface area contributed by atoms with E-state index in [0.717, 1.165) is 122 Å². The third-order valence-electron chi connectivity index (χ3n) is 12.9. The topological polar surface area (TPSA) is 78.9 Å². The average molecular weight is 990 g/mol. The lowest BCUT2D eigenvalue weighted by atomic mass is 10.0. The van der Waals surface area contributed by atoms with E-state index >= 15 is 0 Å². The van der Waals surface area contributed by atoms with E-state index in [-0.39, 0.29) is 31.1 Å². The van der Waals surface area contributed by atoms with Crippen LogP contribution in [0.3, 0.4) is 0 Å². The molecule has 0 aliphatic rings. The Balaban J connectivity index is 4.35. The van der Waals surface area contributed by atoms with Crippen molar-refractivity contribution in [2.75, 3.05) is 13.2 Å². The van der Waals surface area contributed by atoms with Crippen LogP contribution in [0.25, 0.3) is 0 Å². The van der Waals surface area contributed by atoms with Gasteiger partial charge in [0.05, 0.1) is 0 Å². The number of carbonyl (C=O) groups excluding carboxylic acids is 3. The molecule has 0 fully saturated rings. The minimum absolute atomic E-state index is 0.0822. The van der Waals surface area contributed by atoms with E-state index in [1.54, 1.807) is 0 Å². The summed E-state index contributed by atoms with van der Waals surface area (Å²) in [5.74, 6) is -0.897. The van der Waals surface area contributed by atoms with Crippen molar-refractivity contribution in [3.8, 4) is 0 Å². The van der Waals surface area contributed by atoms with Gasteiger partial charge in [-0.1, -0.05) is 260 Å². The first-order chi connectivity index (χ1) is 35.0. The van der Waals surface area contributed by atoms with Crippen molar-refractivity contribution in [1.29, 1.82) is 0 Å². The van der Waals surface area contributed by atoms with E-state index in [4.69, 9.17) is 14.2 Å². The average Bonchev–Trinajstić information content (AvgIpc) is 3.37. The minimum Gasteiger partial charge on any atom is -0.462 e. The molecule has 0 spiro atoms. The van der Waals surface area contributed by atoms with Crippen molar-refractivity contribution in [3.05, 3.63) is 85.1 Å². The fourth-order valence-corrected chi connectivity index (χ4v) is 8.38. The molecule has 0 saturated carbocycles. The van der Waals surface area contributed by atoms with Gasteiger partial charge in [-0.25, -0.2) is 0 Å². The Bertz CT molecular complexity index is 1370. The molecule has 0 bridgehead atoms. The summed E-state index contributed by atoms with van der Waals surface area (Å²) in [5, 5.41) is 0. The van der Waals surface area contributed by atoms with Gasteiger partial charge in [0.15, 0.2) is 6.10 Å². The highest BCUT2D eigenvalue weighted by Gasteiger charge is 2.19. The van der Waals surface area contributed by atoms with Crippen LogP contribution in [0.1, 0.15) is 290 Å². The van der Waals surface area contributed by atoms with Crippen LogP contribution >= 0.6 is 0 Å². The zero-order chi connectivity index (χ0) is 51.4. The number of allylic oxidation sites excluding steroid dienone is 14. The monoisotopic (exact) mass is 989 g/mol. The van der Waals surface area contributed by atoms with Crippen molar-refractivity contribution in [3.63, 3.8) is 0 Å². The summed E-state index contributed by atoms with van der Waals surface area (Å²) in [7, 11) is 0. The summed E-state index contributed by atoms with van der Waals surface area (Å²) in [6, 6.07) is 0. The molecule has 1 unspecified atom stereocenters. The minimum atomic E-state index is -0.786. The Kier molecular flexibility index (Phi) is 56.3. The summed E-state index contributed by atoms with van der Waals surface area (Å²) in [4.78, 5) is 38.2. The predicted octanol–water partition coefficient (Wildman–Crippen LogP) is 20.3. The summed E-state index contributed by atoms with van der Waals surface area (Å²) in [6.07, 6.45) is 77.2. The molecule has 0 aliphatic carbocycles. The lowest BCUT2D eigenvalue weighted by Gasteiger charge is -2.18. The van der Waals surface area contributed by atoms with Gasteiger partial charge >= 0.3 is 17.9 Å². The maximum atomic E-state index is 12.9. The van der Waals surface area contributed by atoms with E-state index in [0.29, 0.717) is 19.3 Å². The largest absolute Gasteiger partial charge is 0.462 e. The van der Waals surface area contributed by atoms with Crippen LogP contribution in [0.4, 0.5) is 0 Å². The van der Waals surface area contributed by atoms with E-state index < -0.39 is 6.10 Å². The van der Waals surface area contributed by atoms with Gasteiger partial charge in [-0.15, -0.1) is 0 Å². The van der Waals surface area contributed by atoms with Crippen molar-refractivity contribution in [2.24, 2.45) is 0 Å². The fourth-order valence-electron chi connectivity index (χ4n) is 8.38. The molecule has 0 saturated heterocycles. The number of carbonyl (C=O) groups is 3. The second kappa shape index (κ2) is 59.2. The molecule has 0 radical (unpaired) electrons. The molecule has 1 atom stereocenters.